The first-order valence-electron chi connectivity index (χ1n) is 9.11. The Bertz CT molecular complexity index is 980. The SMILES string of the molecule is Cc1nn(C)c(C)c1-c1cc(C(=O)N2C[C@@H](N)[C@H](c3ccccc3)C2)[nH]n1.Cl. The average molecular weight is 401 g/mol. The molecule has 0 bridgehead atoms. The number of hydrogen-bond donors (Lipinski definition) is 2. The molecule has 0 spiro atoms. The number of halogens is 1. The van der Waals surface area contributed by atoms with Gasteiger partial charge < -0.3 is 10.6 Å². The van der Waals surface area contributed by atoms with E-state index in [1.165, 1.54) is 5.56 Å². The van der Waals surface area contributed by atoms with Crippen LogP contribution in [0.25, 0.3) is 11.3 Å². The number of amides is 1. The molecule has 2 aromatic heterocycles. The van der Waals surface area contributed by atoms with Crippen molar-refractivity contribution in [1.29, 1.82) is 0 Å². The number of carbonyl (C=O) groups is 1. The second-order valence-electron chi connectivity index (χ2n) is 7.23. The normalized spacial score (nSPS) is 18.9. The lowest BCUT2D eigenvalue weighted by Gasteiger charge is -2.15. The largest absolute Gasteiger partial charge is 0.335 e. The Morgan fingerprint density at radius 3 is 2.57 bits per heavy atom. The van der Waals surface area contributed by atoms with Gasteiger partial charge in [-0.05, 0) is 25.5 Å². The number of likely N-dealkylation sites (tertiary alicyclic amines) is 1. The molecule has 8 heteroatoms. The monoisotopic (exact) mass is 400 g/mol. The van der Waals surface area contributed by atoms with Crippen LogP contribution in [0.2, 0.25) is 0 Å². The fraction of sp³-hybridized carbons (Fsp3) is 0.350. The Kier molecular flexibility index (Phi) is 5.58. The fourth-order valence-electron chi connectivity index (χ4n) is 3.92. The third-order valence-corrected chi connectivity index (χ3v) is 5.45. The maximum atomic E-state index is 13.0. The molecule has 3 heterocycles. The standard InChI is InChI=1S/C20H24N6O.ClH/c1-12-19(13(2)25(3)24-12)17-9-18(23-22-17)20(27)26-10-15(16(21)11-26)14-7-5-4-6-8-14;/h4-9,15-16H,10-11,21H2,1-3H3,(H,22,23);1H/t15-,16+;/m0./s1. The molecule has 0 unspecified atom stereocenters. The number of nitrogens with one attached hydrogen (secondary N) is 1. The Morgan fingerprint density at radius 2 is 1.93 bits per heavy atom. The van der Waals surface area contributed by atoms with Crippen LogP contribution in [0.3, 0.4) is 0 Å². The van der Waals surface area contributed by atoms with Gasteiger partial charge in [0.25, 0.3) is 5.91 Å². The van der Waals surface area contributed by atoms with Crippen LogP contribution in [0.4, 0.5) is 0 Å². The molecule has 7 nitrogen and oxygen atoms in total. The van der Waals surface area contributed by atoms with Crippen molar-refractivity contribution in [3.63, 3.8) is 0 Å². The van der Waals surface area contributed by atoms with E-state index in [1.54, 1.807) is 6.07 Å². The molecule has 148 valence electrons. The summed E-state index contributed by atoms with van der Waals surface area (Å²) >= 11 is 0. The molecule has 1 aliphatic heterocycles. The average Bonchev–Trinajstić information content (AvgIpc) is 3.34. The van der Waals surface area contributed by atoms with Gasteiger partial charge in [0.05, 0.1) is 11.4 Å². The van der Waals surface area contributed by atoms with Crippen molar-refractivity contribution in [2.24, 2.45) is 12.8 Å². The lowest BCUT2D eigenvalue weighted by molar-refractivity contribution is 0.0783. The number of hydrogen-bond acceptors (Lipinski definition) is 4. The highest BCUT2D eigenvalue weighted by molar-refractivity contribution is 5.94. The van der Waals surface area contributed by atoms with Crippen molar-refractivity contribution in [3.8, 4) is 11.3 Å². The number of nitrogens with zero attached hydrogens (tertiary/aromatic N) is 4. The summed E-state index contributed by atoms with van der Waals surface area (Å²) in [4.78, 5) is 14.8. The number of aryl methyl sites for hydroxylation is 2. The van der Waals surface area contributed by atoms with Crippen molar-refractivity contribution in [3.05, 3.63) is 59.0 Å². The zero-order chi connectivity index (χ0) is 19.1. The number of rotatable bonds is 3. The lowest BCUT2D eigenvalue weighted by Crippen LogP contribution is -2.32. The van der Waals surface area contributed by atoms with Gasteiger partial charge in [-0.15, -0.1) is 12.4 Å². The van der Waals surface area contributed by atoms with Crippen LogP contribution < -0.4 is 5.73 Å². The highest BCUT2D eigenvalue weighted by Crippen LogP contribution is 2.29. The smallest absolute Gasteiger partial charge is 0.271 e. The van der Waals surface area contributed by atoms with Crippen molar-refractivity contribution >= 4 is 18.3 Å². The van der Waals surface area contributed by atoms with Crippen molar-refractivity contribution < 1.29 is 4.79 Å². The third kappa shape index (κ3) is 3.43. The molecule has 0 aliphatic carbocycles. The van der Waals surface area contributed by atoms with Gasteiger partial charge >= 0.3 is 0 Å². The predicted molar refractivity (Wildman–Crippen MR) is 111 cm³/mol. The fourth-order valence-corrected chi connectivity index (χ4v) is 3.92. The summed E-state index contributed by atoms with van der Waals surface area (Å²) in [6.45, 7) is 5.10. The molecular weight excluding hydrogens is 376 g/mol. The summed E-state index contributed by atoms with van der Waals surface area (Å²) in [6, 6.07) is 11.9. The molecule has 2 atom stereocenters. The highest BCUT2D eigenvalue weighted by Gasteiger charge is 2.34. The Labute approximate surface area is 170 Å². The molecule has 1 aromatic carbocycles. The number of carbonyl (C=O) groups excluding carboxylic acids is 1. The summed E-state index contributed by atoms with van der Waals surface area (Å²) in [7, 11) is 1.90. The van der Waals surface area contributed by atoms with Gasteiger partial charge in [-0.1, -0.05) is 30.3 Å². The third-order valence-electron chi connectivity index (χ3n) is 5.45. The first-order chi connectivity index (χ1) is 13.0. The van der Waals surface area contributed by atoms with E-state index in [1.807, 2.05) is 48.7 Å². The van der Waals surface area contributed by atoms with Gasteiger partial charge in [-0.3, -0.25) is 14.6 Å². The van der Waals surface area contributed by atoms with Crippen LogP contribution in [-0.2, 0) is 7.05 Å². The number of benzene rings is 1. The van der Waals surface area contributed by atoms with Crippen LogP contribution in [0.15, 0.2) is 36.4 Å². The molecule has 1 amide bonds. The Balaban J connectivity index is 0.00000225. The van der Waals surface area contributed by atoms with Crippen LogP contribution in [0, 0.1) is 13.8 Å². The van der Waals surface area contributed by atoms with E-state index in [9.17, 15) is 4.79 Å². The molecule has 3 aromatic rings. The Morgan fingerprint density at radius 1 is 1.21 bits per heavy atom. The van der Waals surface area contributed by atoms with E-state index in [0.717, 1.165) is 22.6 Å². The van der Waals surface area contributed by atoms with E-state index in [4.69, 9.17) is 5.73 Å². The maximum Gasteiger partial charge on any atom is 0.271 e. The van der Waals surface area contributed by atoms with E-state index >= 15 is 0 Å². The van der Waals surface area contributed by atoms with Crippen LogP contribution in [0.1, 0.15) is 33.4 Å². The molecule has 0 radical (unpaired) electrons. The van der Waals surface area contributed by atoms with Crippen LogP contribution in [-0.4, -0.2) is 49.9 Å². The van der Waals surface area contributed by atoms with E-state index in [2.05, 4.69) is 27.4 Å². The van der Waals surface area contributed by atoms with Crippen LogP contribution in [0.5, 0.6) is 0 Å². The second-order valence-corrected chi connectivity index (χ2v) is 7.23. The Hall–Kier alpha value is -2.64. The topological polar surface area (TPSA) is 92.8 Å². The molecule has 1 aliphatic rings. The first kappa shape index (κ1) is 20.1. The molecule has 0 saturated carbocycles. The van der Waals surface area contributed by atoms with Crippen molar-refractivity contribution in [2.75, 3.05) is 13.1 Å². The van der Waals surface area contributed by atoms with Gasteiger partial charge in [0.2, 0.25) is 0 Å². The number of nitrogens with two attached hydrogens (primary N) is 1. The van der Waals surface area contributed by atoms with Gasteiger partial charge in [0.15, 0.2) is 0 Å². The molecule has 28 heavy (non-hydrogen) atoms. The molecule has 4 rings (SSSR count). The lowest BCUT2D eigenvalue weighted by atomic mass is 9.95. The second kappa shape index (κ2) is 7.77. The molecule has 1 fully saturated rings. The molecule has 3 N–H and O–H groups in total. The van der Waals surface area contributed by atoms with Crippen molar-refractivity contribution in [1.82, 2.24) is 24.9 Å². The molecule has 1 saturated heterocycles. The van der Waals surface area contributed by atoms with Crippen LogP contribution >= 0.6 is 12.4 Å². The highest BCUT2D eigenvalue weighted by atomic mass is 35.5. The minimum atomic E-state index is -0.0680. The van der Waals surface area contributed by atoms with Gasteiger partial charge in [-0.2, -0.15) is 10.2 Å². The number of aromatic nitrogens is 4. The van der Waals surface area contributed by atoms with Gasteiger partial charge in [0.1, 0.15) is 5.69 Å². The predicted octanol–water partition coefficient (Wildman–Crippen LogP) is 2.42. The van der Waals surface area contributed by atoms with Gasteiger partial charge in [-0.25, -0.2) is 0 Å². The van der Waals surface area contributed by atoms with E-state index in [0.29, 0.717) is 18.8 Å². The quantitative estimate of drug-likeness (QED) is 0.706. The molecular formula is C20H25ClN6O. The number of H-pyrrole nitrogens is 1. The van der Waals surface area contributed by atoms with Gasteiger partial charge in [0, 0.05) is 43.4 Å². The minimum absolute atomic E-state index is 0. The summed E-state index contributed by atoms with van der Waals surface area (Å²) in [5.41, 5.74) is 11.6. The number of aromatic amines is 1. The zero-order valence-electron chi connectivity index (χ0n) is 16.2. The minimum Gasteiger partial charge on any atom is -0.335 e. The summed E-state index contributed by atoms with van der Waals surface area (Å²) in [5, 5.41) is 11.7. The first-order valence-corrected chi connectivity index (χ1v) is 9.11. The van der Waals surface area contributed by atoms with E-state index in [-0.39, 0.29) is 30.3 Å². The summed E-state index contributed by atoms with van der Waals surface area (Å²) in [6.07, 6.45) is 0. The zero-order valence-corrected chi connectivity index (χ0v) is 17.0. The van der Waals surface area contributed by atoms with E-state index < -0.39 is 0 Å². The van der Waals surface area contributed by atoms with Crippen molar-refractivity contribution in [2.45, 2.75) is 25.8 Å². The maximum absolute atomic E-state index is 13.0. The summed E-state index contributed by atoms with van der Waals surface area (Å²) < 4.78 is 1.82. The summed E-state index contributed by atoms with van der Waals surface area (Å²) in [5.74, 6) is 0.0854.